The highest BCUT2D eigenvalue weighted by Crippen LogP contribution is 2.19. The number of benzene rings is 2. The summed E-state index contributed by atoms with van der Waals surface area (Å²) >= 11 is 0. The van der Waals surface area contributed by atoms with Crippen LogP contribution in [0, 0.1) is 5.92 Å². The lowest BCUT2D eigenvalue weighted by Gasteiger charge is -2.26. The first-order valence-corrected chi connectivity index (χ1v) is 10.6. The third kappa shape index (κ3) is 9.11. The van der Waals surface area contributed by atoms with E-state index in [9.17, 15) is 9.59 Å². The Balaban J connectivity index is 1.99. The highest BCUT2D eigenvalue weighted by atomic mass is 16.6. The second-order valence-corrected chi connectivity index (χ2v) is 8.58. The SMILES string of the molecule is C[C@H](NC(=O)OC(C)(C)C)C(=O)O[C@@H](C)[C@@H](COc1ccccc1)Cc1ccccc1. The number of amides is 1. The predicted octanol–water partition coefficient (Wildman–Crippen LogP) is 4.77. The Bertz CT molecular complexity index is 817. The zero-order valence-electron chi connectivity index (χ0n) is 19.0. The molecule has 0 aliphatic carbocycles. The first-order chi connectivity index (χ1) is 14.6. The van der Waals surface area contributed by atoms with Crippen LogP contribution in [0.1, 0.15) is 40.2 Å². The van der Waals surface area contributed by atoms with Crippen molar-refractivity contribution >= 4 is 12.1 Å². The Morgan fingerprint density at radius 1 is 0.935 bits per heavy atom. The second kappa shape index (κ2) is 11.4. The number of para-hydroxylation sites is 1. The Morgan fingerprint density at radius 2 is 1.52 bits per heavy atom. The summed E-state index contributed by atoms with van der Waals surface area (Å²) in [5, 5.41) is 2.52. The van der Waals surface area contributed by atoms with E-state index in [0.717, 1.165) is 11.3 Å². The quantitative estimate of drug-likeness (QED) is 0.584. The molecule has 6 nitrogen and oxygen atoms in total. The summed E-state index contributed by atoms with van der Waals surface area (Å²) in [7, 11) is 0. The van der Waals surface area contributed by atoms with E-state index < -0.39 is 29.8 Å². The summed E-state index contributed by atoms with van der Waals surface area (Å²) in [5.41, 5.74) is 0.489. The van der Waals surface area contributed by atoms with Crippen LogP contribution in [-0.2, 0) is 20.7 Å². The standard InChI is InChI=1S/C25H33NO5/c1-18(26-24(28)31-25(3,4)5)23(27)30-19(2)21(16-20-12-8-6-9-13-20)17-29-22-14-10-7-11-15-22/h6-15,18-19,21H,16-17H2,1-5H3,(H,26,28)/t18-,19-,21+/m0/s1. The summed E-state index contributed by atoms with van der Waals surface area (Å²) in [5.74, 6) is 0.176. The highest BCUT2D eigenvalue weighted by Gasteiger charge is 2.27. The van der Waals surface area contributed by atoms with Gasteiger partial charge in [-0.2, -0.15) is 0 Å². The molecule has 31 heavy (non-hydrogen) atoms. The number of nitrogens with one attached hydrogen (secondary N) is 1. The number of carbonyl (C=O) groups excluding carboxylic acids is 2. The van der Waals surface area contributed by atoms with Gasteiger partial charge in [-0.25, -0.2) is 9.59 Å². The van der Waals surface area contributed by atoms with Crippen molar-refractivity contribution in [1.29, 1.82) is 0 Å². The van der Waals surface area contributed by atoms with E-state index in [0.29, 0.717) is 13.0 Å². The molecule has 2 rings (SSSR count). The van der Waals surface area contributed by atoms with Gasteiger partial charge in [0.1, 0.15) is 23.5 Å². The second-order valence-electron chi connectivity index (χ2n) is 8.58. The van der Waals surface area contributed by atoms with Gasteiger partial charge >= 0.3 is 12.1 Å². The summed E-state index contributed by atoms with van der Waals surface area (Å²) in [4.78, 5) is 24.5. The van der Waals surface area contributed by atoms with Gasteiger partial charge in [-0.05, 0) is 58.7 Å². The fourth-order valence-electron chi connectivity index (χ4n) is 2.92. The number of esters is 1. The molecule has 0 bridgehead atoms. The monoisotopic (exact) mass is 427 g/mol. The Kier molecular flexibility index (Phi) is 8.91. The van der Waals surface area contributed by atoms with Crippen LogP contribution in [0.25, 0.3) is 0 Å². The van der Waals surface area contributed by atoms with Crippen molar-refractivity contribution < 1.29 is 23.8 Å². The average Bonchev–Trinajstić information content (AvgIpc) is 2.71. The molecule has 1 N–H and O–H groups in total. The molecule has 0 fully saturated rings. The molecule has 0 radical (unpaired) electrons. The van der Waals surface area contributed by atoms with Crippen LogP contribution >= 0.6 is 0 Å². The van der Waals surface area contributed by atoms with Gasteiger partial charge in [-0.1, -0.05) is 48.5 Å². The number of hydrogen-bond acceptors (Lipinski definition) is 5. The topological polar surface area (TPSA) is 73.9 Å². The first kappa shape index (κ1) is 24.3. The molecule has 0 saturated carbocycles. The molecule has 2 aromatic rings. The number of alkyl carbamates (subject to hydrolysis) is 1. The zero-order chi connectivity index (χ0) is 22.9. The minimum Gasteiger partial charge on any atom is -0.493 e. The van der Waals surface area contributed by atoms with Crippen molar-refractivity contribution in [2.24, 2.45) is 5.92 Å². The van der Waals surface area contributed by atoms with Gasteiger partial charge in [0.2, 0.25) is 0 Å². The van der Waals surface area contributed by atoms with Gasteiger partial charge in [0.05, 0.1) is 6.61 Å². The summed E-state index contributed by atoms with van der Waals surface area (Å²) in [6, 6.07) is 18.7. The molecular formula is C25H33NO5. The molecule has 2 aromatic carbocycles. The Labute approximate surface area is 184 Å². The number of carbonyl (C=O) groups is 2. The summed E-state index contributed by atoms with van der Waals surface area (Å²) < 4.78 is 16.8. The van der Waals surface area contributed by atoms with E-state index in [4.69, 9.17) is 14.2 Å². The van der Waals surface area contributed by atoms with Gasteiger partial charge < -0.3 is 19.5 Å². The minimum atomic E-state index is -0.829. The van der Waals surface area contributed by atoms with Crippen LogP contribution in [-0.4, -0.2) is 36.4 Å². The fraction of sp³-hybridized carbons (Fsp3) is 0.440. The van der Waals surface area contributed by atoms with Crippen molar-refractivity contribution in [2.45, 2.75) is 58.8 Å². The number of rotatable bonds is 9. The minimum absolute atomic E-state index is 0.0692. The maximum Gasteiger partial charge on any atom is 0.408 e. The molecule has 0 aromatic heterocycles. The van der Waals surface area contributed by atoms with Crippen molar-refractivity contribution in [3.8, 4) is 5.75 Å². The lowest BCUT2D eigenvalue weighted by Crippen LogP contribution is -2.44. The molecule has 0 heterocycles. The predicted molar refractivity (Wildman–Crippen MR) is 120 cm³/mol. The number of hydrogen-bond donors (Lipinski definition) is 1. The Hall–Kier alpha value is -3.02. The van der Waals surface area contributed by atoms with E-state index in [-0.39, 0.29) is 5.92 Å². The fourth-order valence-corrected chi connectivity index (χ4v) is 2.92. The van der Waals surface area contributed by atoms with E-state index in [1.54, 1.807) is 27.7 Å². The molecule has 3 atom stereocenters. The third-order valence-corrected chi connectivity index (χ3v) is 4.60. The lowest BCUT2D eigenvalue weighted by atomic mass is 9.95. The molecule has 0 spiro atoms. The molecule has 1 amide bonds. The maximum atomic E-state index is 12.6. The van der Waals surface area contributed by atoms with Gasteiger partial charge in [-0.15, -0.1) is 0 Å². The van der Waals surface area contributed by atoms with Crippen LogP contribution in [0.2, 0.25) is 0 Å². The largest absolute Gasteiger partial charge is 0.493 e. The van der Waals surface area contributed by atoms with Crippen LogP contribution in [0.3, 0.4) is 0 Å². The first-order valence-electron chi connectivity index (χ1n) is 10.6. The normalized spacial score (nSPS) is 14.1. The van der Waals surface area contributed by atoms with Gasteiger partial charge in [0, 0.05) is 5.92 Å². The Morgan fingerprint density at radius 3 is 2.10 bits per heavy atom. The van der Waals surface area contributed by atoms with Crippen molar-refractivity contribution in [2.75, 3.05) is 6.61 Å². The van der Waals surface area contributed by atoms with Crippen LogP contribution in [0.15, 0.2) is 60.7 Å². The molecule has 0 unspecified atom stereocenters. The maximum absolute atomic E-state index is 12.6. The zero-order valence-corrected chi connectivity index (χ0v) is 19.0. The van der Waals surface area contributed by atoms with Crippen LogP contribution < -0.4 is 10.1 Å². The van der Waals surface area contributed by atoms with E-state index in [2.05, 4.69) is 5.32 Å². The third-order valence-electron chi connectivity index (χ3n) is 4.60. The van der Waals surface area contributed by atoms with Crippen molar-refractivity contribution in [1.82, 2.24) is 5.32 Å². The average molecular weight is 428 g/mol. The molecule has 0 saturated heterocycles. The van der Waals surface area contributed by atoms with E-state index >= 15 is 0 Å². The molecule has 0 aliphatic heterocycles. The lowest BCUT2D eigenvalue weighted by molar-refractivity contribution is -0.153. The van der Waals surface area contributed by atoms with Gasteiger partial charge in [0.15, 0.2) is 0 Å². The smallest absolute Gasteiger partial charge is 0.408 e. The molecule has 168 valence electrons. The van der Waals surface area contributed by atoms with Gasteiger partial charge in [0.25, 0.3) is 0 Å². The number of ether oxygens (including phenoxy) is 3. The summed E-state index contributed by atoms with van der Waals surface area (Å²) in [6.07, 6.45) is -0.382. The van der Waals surface area contributed by atoms with E-state index in [1.165, 1.54) is 0 Å². The van der Waals surface area contributed by atoms with Gasteiger partial charge in [-0.3, -0.25) is 0 Å². The van der Waals surface area contributed by atoms with Crippen LogP contribution in [0.4, 0.5) is 4.79 Å². The molecule has 0 aliphatic rings. The molecule has 6 heteroatoms. The van der Waals surface area contributed by atoms with E-state index in [1.807, 2.05) is 67.6 Å². The molecular weight excluding hydrogens is 394 g/mol. The highest BCUT2D eigenvalue weighted by molar-refractivity contribution is 5.81. The van der Waals surface area contributed by atoms with Crippen molar-refractivity contribution in [3.05, 3.63) is 66.2 Å². The summed E-state index contributed by atoms with van der Waals surface area (Å²) in [6.45, 7) is 9.10. The van der Waals surface area contributed by atoms with Crippen LogP contribution in [0.5, 0.6) is 5.75 Å². The van der Waals surface area contributed by atoms with Crippen molar-refractivity contribution in [3.63, 3.8) is 0 Å².